The molecule has 262 valence electrons. The van der Waals surface area contributed by atoms with Gasteiger partial charge in [-0.25, -0.2) is 0 Å². The summed E-state index contributed by atoms with van der Waals surface area (Å²) in [6, 6.07) is 0. The average molecular weight is 634 g/mol. The van der Waals surface area contributed by atoms with Crippen molar-refractivity contribution in [2.75, 3.05) is 13.2 Å². The molecule has 0 rings (SSSR count). The highest BCUT2D eigenvalue weighted by Gasteiger charge is 2.10. The van der Waals surface area contributed by atoms with E-state index in [9.17, 15) is 19.8 Å². The van der Waals surface area contributed by atoms with E-state index in [1.165, 1.54) is 57.8 Å². The van der Waals surface area contributed by atoms with Crippen molar-refractivity contribution < 1.29 is 24.5 Å². The van der Waals surface area contributed by atoms with E-state index in [0.29, 0.717) is 12.8 Å². The van der Waals surface area contributed by atoms with Crippen LogP contribution in [0, 0.1) is 0 Å². The van der Waals surface area contributed by atoms with E-state index in [4.69, 9.17) is 4.74 Å². The quantitative estimate of drug-likeness (QED) is 0.0380. The summed E-state index contributed by atoms with van der Waals surface area (Å²) in [7, 11) is 0. The van der Waals surface area contributed by atoms with Crippen LogP contribution in [-0.4, -0.2) is 47.4 Å². The fraction of sp³-hybridized carbons (Fsp3) is 0.795. The Morgan fingerprint density at radius 3 is 1.76 bits per heavy atom. The highest BCUT2D eigenvalue weighted by atomic mass is 16.5. The monoisotopic (exact) mass is 634 g/mol. The molecule has 6 heteroatoms. The third kappa shape index (κ3) is 34.8. The summed E-state index contributed by atoms with van der Waals surface area (Å²) in [5.41, 5.74) is 0. The van der Waals surface area contributed by atoms with Crippen molar-refractivity contribution in [1.82, 2.24) is 5.32 Å². The van der Waals surface area contributed by atoms with Gasteiger partial charge in [0.1, 0.15) is 12.7 Å². The van der Waals surface area contributed by atoms with Crippen LogP contribution in [0.2, 0.25) is 0 Å². The number of unbranched alkanes of at least 4 members (excludes halogenated alkanes) is 16. The molecule has 0 aliphatic rings. The lowest BCUT2D eigenvalue weighted by molar-refractivity contribution is -0.146. The maximum Gasteiger partial charge on any atom is 0.305 e. The van der Waals surface area contributed by atoms with E-state index in [-0.39, 0.29) is 31.1 Å². The highest BCUT2D eigenvalue weighted by Crippen LogP contribution is 2.11. The van der Waals surface area contributed by atoms with E-state index in [1.54, 1.807) is 0 Å². The molecule has 3 N–H and O–H groups in total. The zero-order chi connectivity index (χ0) is 33.1. The van der Waals surface area contributed by atoms with Crippen molar-refractivity contribution in [3.63, 3.8) is 0 Å². The summed E-state index contributed by atoms with van der Waals surface area (Å²) >= 11 is 0. The summed E-state index contributed by atoms with van der Waals surface area (Å²) in [6.45, 7) is 4.46. The summed E-state index contributed by atoms with van der Waals surface area (Å²) in [4.78, 5) is 24.0. The van der Waals surface area contributed by atoms with Crippen LogP contribution >= 0.6 is 0 Å². The second kappa shape index (κ2) is 34.9. The van der Waals surface area contributed by atoms with Crippen molar-refractivity contribution in [3.8, 4) is 0 Å². The Morgan fingerprint density at radius 2 is 1.11 bits per heavy atom. The lowest BCUT2D eigenvalue weighted by atomic mass is 10.1. The molecule has 0 saturated heterocycles. The maximum atomic E-state index is 12.0. The number of allylic oxidation sites excluding steroid dienone is 5. The molecule has 0 heterocycles. The molecule has 0 bridgehead atoms. The zero-order valence-electron chi connectivity index (χ0n) is 29.3. The summed E-state index contributed by atoms with van der Waals surface area (Å²) in [6.07, 6.45) is 38.4. The van der Waals surface area contributed by atoms with Crippen LogP contribution in [0.25, 0.3) is 0 Å². The lowest BCUT2D eigenvalue weighted by Crippen LogP contribution is -2.35. The van der Waals surface area contributed by atoms with Crippen molar-refractivity contribution >= 4 is 11.9 Å². The average Bonchev–Trinajstić information content (AvgIpc) is 3.03. The van der Waals surface area contributed by atoms with Crippen molar-refractivity contribution in [2.45, 2.75) is 187 Å². The van der Waals surface area contributed by atoms with Gasteiger partial charge in [-0.2, -0.15) is 0 Å². The molecule has 0 aliphatic carbocycles. The van der Waals surface area contributed by atoms with E-state index in [2.05, 4.69) is 55.6 Å². The summed E-state index contributed by atoms with van der Waals surface area (Å²) in [5.74, 6) is -0.348. The largest absolute Gasteiger partial charge is 0.463 e. The van der Waals surface area contributed by atoms with E-state index < -0.39 is 6.10 Å². The molecule has 0 saturated carbocycles. The molecule has 0 aromatic heterocycles. The van der Waals surface area contributed by atoms with Gasteiger partial charge in [0.05, 0.1) is 6.10 Å². The predicted molar refractivity (Wildman–Crippen MR) is 190 cm³/mol. The van der Waals surface area contributed by atoms with Gasteiger partial charge in [-0.15, -0.1) is 0 Å². The first kappa shape index (κ1) is 43.1. The van der Waals surface area contributed by atoms with Crippen LogP contribution in [0.3, 0.4) is 0 Å². The van der Waals surface area contributed by atoms with Crippen molar-refractivity contribution in [1.29, 1.82) is 0 Å². The van der Waals surface area contributed by atoms with Crippen LogP contribution in [0.5, 0.6) is 0 Å². The molecule has 0 spiro atoms. The fourth-order valence-electron chi connectivity index (χ4n) is 5.09. The van der Waals surface area contributed by atoms with Crippen LogP contribution in [-0.2, 0) is 14.3 Å². The minimum atomic E-state index is -0.877. The number of esters is 1. The molecule has 0 fully saturated rings. The Labute approximate surface area is 277 Å². The van der Waals surface area contributed by atoms with E-state index >= 15 is 0 Å². The number of amides is 1. The standard InChI is InChI=1S/C39H71NO5/c1-3-5-7-9-10-11-12-13-14-15-16-17-21-24-28-32-38(43)40-34-37(42)35-45-39(44)33-29-25-22-19-18-20-23-27-31-36(41)30-26-8-6-4-2/h10-11,13-14,23,27,36-37,41-42H,3-9,12,15-22,24-26,28-35H2,1-2H3,(H,40,43)/t36-,37?/m0/s1. The molecule has 1 amide bonds. The number of hydrogen-bond acceptors (Lipinski definition) is 5. The summed E-state index contributed by atoms with van der Waals surface area (Å²) < 4.78 is 5.18. The van der Waals surface area contributed by atoms with Crippen LogP contribution in [0.15, 0.2) is 36.5 Å². The first-order chi connectivity index (χ1) is 22.0. The van der Waals surface area contributed by atoms with Crippen LogP contribution in [0.1, 0.15) is 174 Å². The number of rotatable bonds is 33. The Kier molecular flexibility index (Phi) is 33.5. The zero-order valence-corrected chi connectivity index (χ0v) is 29.3. The van der Waals surface area contributed by atoms with Gasteiger partial charge in [0.25, 0.3) is 0 Å². The minimum absolute atomic E-state index is 0.0584. The van der Waals surface area contributed by atoms with Gasteiger partial charge >= 0.3 is 5.97 Å². The third-order valence-corrected chi connectivity index (χ3v) is 8.04. The van der Waals surface area contributed by atoms with E-state index in [0.717, 1.165) is 89.9 Å². The molecule has 6 nitrogen and oxygen atoms in total. The normalized spacial score (nSPS) is 13.2. The first-order valence-corrected chi connectivity index (χ1v) is 18.7. The maximum absolute atomic E-state index is 12.0. The van der Waals surface area contributed by atoms with Crippen molar-refractivity contribution in [2.24, 2.45) is 0 Å². The molecular formula is C39H71NO5. The first-order valence-electron chi connectivity index (χ1n) is 18.7. The lowest BCUT2D eigenvalue weighted by Gasteiger charge is -2.12. The fourth-order valence-corrected chi connectivity index (χ4v) is 5.09. The van der Waals surface area contributed by atoms with Gasteiger partial charge in [0.15, 0.2) is 0 Å². The number of hydrogen-bond donors (Lipinski definition) is 3. The molecule has 0 aromatic rings. The van der Waals surface area contributed by atoms with Gasteiger partial charge in [0.2, 0.25) is 5.91 Å². The van der Waals surface area contributed by atoms with Crippen LogP contribution < -0.4 is 5.32 Å². The summed E-state index contributed by atoms with van der Waals surface area (Å²) in [5, 5.41) is 22.8. The molecule has 1 unspecified atom stereocenters. The number of aliphatic hydroxyl groups is 2. The molecule has 2 atom stereocenters. The second-order valence-corrected chi connectivity index (χ2v) is 12.6. The predicted octanol–water partition coefficient (Wildman–Crippen LogP) is 9.83. The van der Waals surface area contributed by atoms with Gasteiger partial charge in [0, 0.05) is 19.4 Å². The third-order valence-electron chi connectivity index (χ3n) is 8.04. The Hall–Kier alpha value is -1.92. The van der Waals surface area contributed by atoms with Gasteiger partial charge < -0.3 is 20.3 Å². The highest BCUT2D eigenvalue weighted by molar-refractivity contribution is 5.75. The van der Waals surface area contributed by atoms with Gasteiger partial charge in [-0.05, 0) is 70.6 Å². The van der Waals surface area contributed by atoms with Crippen LogP contribution in [0.4, 0.5) is 0 Å². The molecule has 45 heavy (non-hydrogen) atoms. The number of nitrogens with one attached hydrogen (secondary N) is 1. The number of carbonyl (C=O) groups excluding carboxylic acids is 2. The Bertz CT molecular complexity index is 748. The minimum Gasteiger partial charge on any atom is -0.463 e. The molecular weight excluding hydrogens is 562 g/mol. The smallest absolute Gasteiger partial charge is 0.305 e. The van der Waals surface area contributed by atoms with Gasteiger partial charge in [-0.1, -0.05) is 127 Å². The number of ether oxygens (including phenoxy) is 1. The molecule has 0 radical (unpaired) electrons. The Balaban J connectivity index is 3.53. The number of carbonyl (C=O) groups is 2. The van der Waals surface area contributed by atoms with Crippen molar-refractivity contribution in [3.05, 3.63) is 36.5 Å². The topological polar surface area (TPSA) is 95.9 Å². The SMILES string of the molecule is CCCCCC=CCC=CCCCCCCCC(=O)NCC(O)COC(=O)CCCCCCCC=CC[C@@H](O)CCCCCC. The molecule has 0 aliphatic heterocycles. The second-order valence-electron chi connectivity index (χ2n) is 12.6. The van der Waals surface area contributed by atoms with E-state index in [1.807, 2.05) is 0 Å². The molecule has 0 aromatic carbocycles. The van der Waals surface area contributed by atoms with Gasteiger partial charge in [-0.3, -0.25) is 9.59 Å². The Morgan fingerprint density at radius 1 is 0.600 bits per heavy atom. The number of aliphatic hydroxyl groups excluding tert-OH is 2.